The number of hydrogen-bond acceptors (Lipinski definition) is 5. The Morgan fingerprint density at radius 3 is 2.94 bits per heavy atom. The highest BCUT2D eigenvalue weighted by molar-refractivity contribution is 5.60. The largest absolute Gasteiger partial charge is 0.375 e. The quantitative estimate of drug-likeness (QED) is 0.486. The second kappa shape index (κ2) is 5.77. The van der Waals surface area contributed by atoms with E-state index in [1.54, 1.807) is 12.3 Å². The molecular formula is C12H18N4O2. The van der Waals surface area contributed by atoms with Crippen molar-refractivity contribution in [3.63, 3.8) is 0 Å². The molecule has 0 aliphatic heterocycles. The van der Waals surface area contributed by atoms with Crippen LogP contribution >= 0.6 is 0 Å². The molecule has 18 heavy (non-hydrogen) atoms. The van der Waals surface area contributed by atoms with E-state index < -0.39 is 4.92 Å². The van der Waals surface area contributed by atoms with Crippen molar-refractivity contribution in [2.75, 3.05) is 5.32 Å². The number of anilines is 1. The summed E-state index contributed by atoms with van der Waals surface area (Å²) >= 11 is 0. The smallest absolute Gasteiger partial charge is 0.310 e. The first kappa shape index (κ1) is 12.8. The third kappa shape index (κ3) is 2.95. The van der Waals surface area contributed by atoms with E-state index in [4.69, 9.17) is 5.73 Å². The van der Waals surface area contributed by atoms with Crippen LogP contribution in [0, 0.1) is 10.1 Å². The molecule has 1 fully saturated rings. The van der Waals surface area contributed by atoms with Gasteiger partial charge in [-0.1, -0.05) is 19.3 Å². The minimum absolute atomic E-state index is 0.00828. The van der Waals surface area contributed by atoms with E-state index in [0.29, 0.717) is 5.69 Å². The summed E-state index contributed by atoms with van der Waals surface area (Å²) < 4.78 is 0. The van der Waals surface area contributed by atoms with Crippen molar-refractivity contribution in [3.8, 4) is 0 Å². The van der Waals surface area contributed by atoms with Crippen molar-refractivity contribution < 1.29 is 4.92 Å². The van der Waals surface area contributed by atoms with Gasteiger partial charge < -0.3 is 11.1 Å². The van der Waals surface area contributed by atoms with Crippen LogP contribution in [0.15, 0.2) is 18.5 Å². The third-order valence-electron chi connectivity index (χ3n) is 3.41. The van der Waals surface area contributed by atoms with Gasteiger partial charge in [0.1, 0.15) is 11.9 Å². The van der Waals surface area contributed by atoms with Crippen LogP contribution in [0.5, 0.6) is 0 Å². The summed E-state index contributed by atoms with van der Waals surface area (Å²) in [5.41, 5.74) is 6.62. The normalized spacial score (nSPS) is 24.3. The number of pyridine rings is 1. The molecule has 0 saturated heterocycles. The van der Waals surface area contributed by atoms with Crippen molar-refractivity contribution >= 4 is 11.4 Å². The molecule has 0 aromatic carbocycles. The zero-order valence-electron chi connectivity index (χ0n) is 10.2. The van der Waals surface area contributed by atoms with Crippen LogP contribution in [0.2, 0.25) is 0 Å². The molecule has 2 unspecified atom stereocenters. The maximum absolute atomic E-state index is 10.9. The molecule has 3 N–H and O–H groups in total. The van der Waals surface area contributed by atoms with Gasteiger partial charge in [-0.15, -0.1) is 0 Å². The number of nitrogens with one attached hydrogen (secondary N) is 1. The summed E-state index contributed by atoms with van der Waals surface area (Å²) in [4.78, 5) is 14.3. The van der Waals surface area contributed by atoms with Crippen LogP contribution in [0.4, 0.5) is 11.4 Å². The average molecular weight is 250 g/mol. The van der Waals surface area contributed by atoms with E-state index in [0.717, 1.165) is 25.7 Å². The monoisotopic (exact) mass is 250 g/mol. The topological polar surface area (TPSA) is 94.1 Å². The molecule has 0 amide bonds. The molecule has 1 saturated carbocycles. The number of hydrogen-bond donors (Lipinski definition) is 2. The second-order valence-electron chi connectivity index (χ2n) is 4.70. The number of nitro groups is 1. The summed E-state index contributed by atoms with van der Waals surface area (Å²) in [6, 6.07) is 1.80. The first-order valence-corrected chi connectivity index (χ1v) is 6.29. The molecule has 1 heterocycles. The van der Waals surface area contributed by atoms with E-state index in [9.17, 15) is 10.1 Å². The summed E-state index contributed by atoms with van der Waals surface area (Å²) in [5, 5.41) is 14.1. The minimum Gasteiger partial charge on any atom is -0.375 e. The lowest BCUT2D eigenvalue weighted by molar-refractivity contribution is -0.384. The van der Waals surface area contributed by atoms with E-state index in [2.05, 4.69) is 10.3 Å². The van der Waals surface area contributed by atoms with Crippen molar-refractivity contribution in [3.05, 3.63) is 28.6 Å². The molecule has 1 aromatic heterocycles. The van der Waals surface area contributed by atoms with E-state index >= 15 is 0 Å². The molecule has 0 spiro atoms. The molecule has 6 nitrogen and oxygen atoms in total. The Labute approximate surface area is 106 Å². The molecular weight excluding hydrogens is 232 g/mol. The Hall–Kier alpha value is -1.69. The van der Waals surface area contributed by atoms with Gasteiger partial charge in [0.05, 0.1) is 4.92 Å². The summed E-state index contributed by atoms with van der Waals surface area (Å²) in [7, 11) is 0. The molecule has 6 heteroatoms. The molecule has 1 aliphatic rings. The Kier molecular flexibility index (Phi) is 4.09. The summed E-state index contributed by atoms with van der Waals surface area (Å²) in [6.07, 6.45) is 8.19. The molecule has 0 radical (unpaired) electrons. The van der Waals surface area contributed by atoms with Gasteiger partial charge in [-0.25, -0.2) is 0 Å². The summed E-state index contributed by atoms with van der Waals surface area (Å²) in [5.74, 6) is 0. The van der Waals surface area contributed by atoms with Crippen molar-refractivity contribution in [2.24, 2.45) is 5.73 Å². The van der Waals surface area contributed by atoms with Gasteiger partial charge in [-0.3, -0.25) is 15.1 Å². The lowest BCUT2D eigenvalue weighted by Gasteiger charge is -2.23. The Balaban J connectivity index is 2.14. The molecule has 2 atom stereocenters. The highest BCUT2D eigenvalue weighted by Gasteiger charge is 2.23. The van der Waals surface area contributed by atoms with Gasteiger partial charge in [-0.2, -0.15) is 0 Å². The Morgan fingerprint density at radius 2 is 2.17 bits per heavy atom. The van der Waals surface area contributed by atoms with Crippen LogP contribution in [0.3, 0.4) is 0 Å². The minimum atomic E-state index is -0.419. The zero-order valence-corrected chi connectivity index (χ0v) is 10.2. The summed E-state index contributed by atoms with van der Waals surface area (Å²) in [6.45, 7) is 0. The molecule has 0 bridgehead atoms. The molecule has 2 rings (SSSR count). The fourth-order valence-electron chi connectivity index (χ4n) is 2.37. The fraction of sp³-hybridized carbons (Fsp3) is 0.583. The SMILES string of the molecule is NC1CCCCCC1Nc1ccncc1[N+](=O)[O-]. The maximum atomic E-state index is 10.9. The second-order valence-corrected chi connectivity index (χ2v) is 4.70. The van der Waals surface area contributed by atoms with Crippen LogP contribution in [-0.4, -0.2) is 22.0 Å². The van der Waals surface area contributed by atoms with Gasteiger partial charge in [-0.05, 0) is 18.9 Å². The van der Waals surface area contributed by atoms with Gasteiger partial charge in [0.25, 0.3) is 0 Å². The maximum Gasteiger partial charge on any atom is 0.310 e. The van der Waals surface area contributed by atoms with Gasteiger partial charge in [0, 0.05) is 18.3 Å². The number of aromatic nitrogens is 1. The fourth-order valence-corrected chi connectivity index (χ4v) is 2.37. The van der Waals surface area contributed by atoms with Crippen molar-refractivity contribution in [1.82, 2.24) is 4.98 Å². The van der Waals surface area contributed by atoms with Gasteiger partial charge >= 0.3 is 5.69 Å². The van der Waals surface area contributed by atoms with E-state index in [-0.39, 0.29) is 17.8 Å². The predicted octanol–water partition coefficient (Wildman–Crippen LogP) is 2.06. The Morgan fingerprint density at radius 1 is 1.39 bits per heavy atom. The van der Waals surface area contributed by atoms with Crippen LogP contribution < -0.4 is 11.1 Å². The van der Waals surface area contributed by atoms with E-state index in [1.807, 2.05) is 0 Å². The van der Waals surface area contributed by atoms with E-state index in [1.165, 1.54) is 12.6 Å². The first-order chi connectivity index (χ1) is 8.68. The predicted molar refractivity (Wildman–Crippen MR) is 69.4 cm³/mol. The van der Waals surface area contributed by atoms with Gasteiger partial charge in [0.2, 0.25) is 0 Å². The van der Waals surface area contributed by atoms with Crippen LogP contribution in [-0.2, 0) is 0 Å². The molecule has 1 aromatic rings. The van der Waals surface area contributed by atoms with Crippen molar-refractivity contribution in [1.29, 1.82) is 0 Å². The zero-order chi connectivity index (χ0) is 13.0. The highest BCUT2D eigenvalue weighted by atomic mass is 16.6. The molecule has 1 aliphatic carbocycles. The third-order valence-corrected chi connectivity index (χ3v) is 3.41. The Bertz CT molecular complexity index is 424. The number of nitrogens with two attached hydrogens (primary N) is 1. The lowest BCUT2D eigenvalue weighted by atomic mass is 10.0. The lowest BCUT2D eigenvalue weighted by Crippen LogP contribution is -2.39. The first-order valence-electron chi connectivity index (χ1n) is 6.29. The standard InChI is InChI=1S/C12H18N4O2/c13-9-4-2-1-3-5-10(9)15-11-6-7-14-8-12(11)16(17)18/h6-10H,1-5,13H2,(H,14,15). The average Bonchev–Trinajstić information content (AvgIpc) is 2.55. The van der Waals surface area contributed by atoms with Crippen LogP contribution in [0.25, 0.3) is 0 Å². The van der Waals surface area contributed by atoms with Crippen LogP contribution in [0.1, 0.15) is 32.1 Å². The highest BCUT2D eigenvalue weighted by Crippen LogP contribution is 2.26. The molecule has 98 valence electrons. The van der Waals surface area contributed by atoms with Crippen molar-refractivity contribution in [2.45, 2.75) is 44.2 Å². The van der Waals surface area contributed by atoms with Gasteiger partial charge in [0.15, 0.2) is 0 Å². The number of rotatable bonds is 3. The number of nitrogens with zero attached hydrogens (tertiary/aromatic N) is 2.